The van der Waals surface area contributed by atoms with Crippen LogP contribution < -0.4 is 0 Å². The summed E-state index contributed by atoms with van der Waals surface area (Å²) in [6, 6.07) is 4.58. The molecule has 0 bridgehead atoms. The molecule has 0 aliphatic heterocycles. The van der Waals surface area contributed by atoms with Gasteiger partial charge >= 0.3 is 0 Å². The van der Waals surface area contributed by atoms with Crippen LogP contribution >= 0.6 is 34.8 Å². The van der Waals surface area contributed by atoms with Gasteiger partial charge < -0.3 is 0 Å². The maximum absolute atomic E-state index is 11.5. The predicted octanol–water partition coefficient (Wildman–Crippen LogP) is 4.74. The van der Waals surface area contributed by atoms with E-state index in [-0.39, 0.29) is 10.8 Å². The minimum atomic E-state index is -4.37. The first kappa shape index (κ1) is 18.1. The Hall–Kier alpha value is -0.000000000000000111. The van der Waals surface area contributed by atoms with Gasteiger partial charge in [-0.2, -0.15) is 8.42 Å². The highest BCUT2D eigenvalue weighted by Gasteiger charge is 2.39. The number of hydrogen-bond acceptors (Lipinski definition) is 2. The van der Waals surface area contributed by atoms with E-state index in [2.05, 4.69) is 0 Å². The van der Waals surface area contributed by atoms with Gasteiger partial charge in [-0.15, -0.1) is 0 Å². The van der Waals surface area contributed by atoms with E-state index < -0.39 is 19.8 Å². The fourth-order valence-electron chi connectivity index (χ4n) is 2.19. The monoisotopic (exact) mass is 358 g/mol. The molecule has 0 radical (unpaired) electrons. The van der Waals surface area contributed by atoms with Gasteiger partial charge in [0, 0.05) is 5.92 Å². The molecule has 0 saturated carbocycles. The van der Waals surface area contributed by atoms with Crippen LogP contribution in [0.25, 0.3) is 0 Å². The van der Waals surface area contributed by atoms with E-state index >= 15 is 0 Å². The standard InChI is InChI=1S/C13H17Cl3O3S/c1-4-9(3)12(13(14,15)16)10-7-8(2)5-6-11(10)20(17,18)19/h5-7,9,12H,4H2,1-3H3,(H,17,18,19). The third-order valence-electron chi connectivity index (χ3n) is 3.34. The lowest BCUT2D eigenvalue weighted by Crippen LogP contribution is -2.25. The maximum atomic E-state index is 11.5. The van der Waals surface area contributed by atoms with Gasteiger partial charge in [0.2, 0.25) is 0 Å². The molecule has 0 saturated heterocycles. The normalized spacial score (nSPS) is 15.9. The molecule has 2 unspecified atom stereocenters. The quantitative estimate of drug-likeness (QED) is 0.624. The number of hydrogen-bond donors (Lipinski definition) is 1. The summed E-state index contributed by atoms with van der Waals surface area (Å²) in [6.07, 6.45) is 0.706. The number of benzene rings is 1. The van der Waals surface area contributed by atoms with Crippen LogP contribution in [-0.4, -0.2) is 16.8 Å². The van der Waals surface area contributed by atoms with Gasteiger partial charge in [0.15, 0.2) is 3.79 Å². The lowest BCUT2D eigenvalue weighted by atomic mass is 9.86. The fraction of sp³-hybridized carbons (Fsp3) is 0.538. The largest absolute Gasteiger partial charge is 0.294 e. The van der Waals surface area contributed by atoms with E-state index in [1.807, 2.05) is 20.8 Å². The second-order valence-electron chi connectivity index (χ2n) is 4.92. The minimum Gasteiger partial charge on any atom is -0.282 e. The van der Waals surface area contributed by atoms with Crippen molar-refractivity contribution in [1.29, 1.82) is 0 Å². The van der Waals surface area contributed by atoms with Crippen LogP contribution in [-0.2, 0) is 10.1 Å². The van der Waals surface area contributed by atoms with Crippen molar-refractivity contribution in [2.45, 2.75) is 41.8 Å². The lowest BCUT2D eigenvalue weighted by Gasteiger charge is -2.31. The van der Waals surface area contributed by atoms with E-state index in [0.29, 0.717) is 12.0 Å². The molecule has 0 fully saturated rings. The Morgan fingerprint density at radius 2 is 1.85 bits per heavy atom. The number of aryl methyl sites for hydroxylation is 1. The Labute approximate surface area is 135 Å². The summed E-state index contributed by atoms with van der Waals surface area (Å²) in [5, 5.41) is 0. The Morgan fingerprint density at radius 3 is 2.25 bits per heavy atom. The molecular formula is C13H17Cl3O3S. The first-order valence-electron chi connectivity index (χ1n) is 6.13. The highest BCUT2D eigenvalue weighted by molar-refractivity contribution is 7.85. The van der Waals surface area contributed by atoms with Gasteiger partial charge in [-0.1, -0.05) is 72.8 Å². The first-order valence-corrected chi connectivity index (χ1v) is 8.70. The van der Waals surface area contributed by atoms with Gasteiger partial charge in [-0.05, 0) is 24.5 Å². The summed E-state index contributed by atoms with van der Waals surface area (Å²) in [4.78, 5) is -0.209. The van der Waals surface area contributed by atoms with E-state index in [1.54, 1.807) is 12.1 Å². The van der Waals surface area contributed by atoms with Crippen molar-refractivity contribution in [2.75, 3.05) is 0 Å². The molecular weight excluding hydrogens is 343 g/mol. The Bertz CT molecular complexity index is 579. The van der Waals surface area contributed by atoms with E-state index in [9.17, 15) is 13.0 Å². The van der Waals surface area contributed by atoms with Gasteiger partial charge in [-0.25, -0.2) is 0 Å². The van der Waals surface area contributed by atoms with Gasteiger partial charge in [0.25, 0.3) is 10.1 Å². The van der Waals surface area contributed by atoms with Crippen molar-refractivity contribution in [3.63, 3.8) is 0 Å². The first-order chi connectivity index (χ1) is 8.98. The minimum absolute atomic E-state index is 0.0650. The van der Waals surface area contributed by atoms with Crippen molar-refractivity contribution in [3.8, 4) is 0 Å². The van der Waals surface area contributed by atoms with Crippen LogP contribution in [0.2, 0.25) is 0 Å². The van der Waals surface area contributed by atoms with E-state index in [4.69, 9.17) is 34.8 Å². The van der Waals surface area contributed by atoms with Crippen molar-refractivity contribution >= 4 is 44.9 Å². The molecule has 1 rings (SSSR count). The lowest BCUT2D eigenvalue weighted by molar-refractivity contribution is 0.438. The van der Waals surface area contributed by atoms with Crippen molar-refractivity contribution in [1.82, 2.24) is 0 Å². The van der Waals surface area contributed by atoms with Crippen LogP contribution in [0.4, 0.5) is 0 Å². The highest BCUT2D eigenvalue weighted by atomic mass is 35.6. The van der Waals surface area contributed by atoms with Crippen LogP contribution in [0, 0.1) is 12.8 Å². The summed E-state index contributed by atoms with van der Waals surface area (Å²) in [7, 11) is -4.37. The fourth-order valence-corrected chi connectivity index (χ4v) is 3.91. The van der Waals surface area contributed by atoms with Crippen LogP contribution in [0.1, 0.15) is 37.3 Å². The number of alkyl halides is 3. The van der Waals surface area contributed by atoms with Crippen LogP contribution in [0.3, 0.4) is 0 Å². The molecule has 0 amide bonds. The molecule has 20 heavy (non-hydrogen) atoms. The Morgan fingerprint density at radius 1 is 1.30 bits per heavy atom. The van der Waals surface area contributed by atoms with E-state index in [0.717, 1.165) is 5.56 Å². The van der Waals surface area contributed by atoms with Crippen molar-refractivity contribution in [3.05, 3.63) is 29.3 Å². The molecule has 0 spiro atoms. The highest BCUT2D eigenvalue weighted by Crippen LogP contribution is 2.48. The Kier molecular flexibility index (Phi) is 5.78. The average molecular weight is 360 g/mol. The zero-order valence-electron chi connectivity index (χ0n) is 11.4. The van der Waals surface area contributed by atoms with E-state index in [1.165, 1.54) is 6.07 Å². The van der Waals surface area contributed by atoms with Crippen LogP contribution in [0.5, 0.6) is 0 Å². The van der Waals surface area contributed by atoms with Crippen molar-refractivity contribution < 1.29 is 13.0 Å². The molecule has 1 aromatic carbocycles. The van der Waals surface area contributed by atoms with Gasteiger partial charge in [0.05, 0.1) is 4.90 Å². The van der Waals surface area contributed by atoms with Crippen LogP contribution in [0.15, 0.2) is 23.1 Å². The molecule has 7 heteroatoms. The molecule has 0 heterocycles. The molecule has 1 aromatic rings. The third kappa shape index (κ3) is 4.25. The molecule has 2 atom stereocenters. The Balaban J connectivity index is 3.59. The molecule has 3 nitrogen and oxygen atoms in total. The zero-order chi connectivity index (χ0) is 15.7. The SMILES string of the molecule is CCC(C)C(c1cc(C)ccc1S(=O)(=O)O)C(Cl)(Cl)Cl. The number of rotatable bonds is 4. The predicted molar refractivity (Wildman–Crippen MR) is 83.5 cm³/mol. The molecule has 114 valence electrons. The van der Waals surface area contributed by atoms with Gasteiger partial charge in [-0.3, -0.25) is 4.55 Å². The topological polar surface area (TPSA) is 54.4 Å². The van der Waals surface area contributed by atoms with Gasteiger partial charge in [0.1, 0.15) is 0 Å². The summed E-state index contributed by atoms with van der Waals surface area (Å²) < 4.78 is 30.8. The summed E-state index contributed by atoms with van der Waals surface area (Å²) in [6.45, 7) is 5.61. The average Bonchev–Trinajstić information content (AvgIpc) is 2.25. The summed E-state index contributed by atoms with van der Waals surface area (Å²) in [5.41, 5.74) is 1.16. The molecule has 0 aliphatic rings. The van der Waals surface area contributed by atoms with Crippen molar-refractivity contribution in [2.24, 2.45) is 5.92 Å². The molecule has 0 aromatic heterocycles. The maximum Gasteiger partial charge on any atom is 0.294 e. The third-order valence-corrected chi connectivity index (χ3v) is 4.98. The second kappa shape index (κ2) is 6.41. The smallest absolute Gasteiger partial charge is 0.282 e. The zero-order valence-corrected chi connectivity index (χ0v) is 14.5. The second-order valence-corrected chi connectivity index (χ2v) is 8.68. The molecule has 0 aliphatic carbocycles. The molecule has 1 N–H and O–H groups in total. The number of halogens is 3. The summed E-state index contributed by atoms with van der Waals surface area (Å²) in [5.74, 6) is -0.695. The summed E-state index contributed by atoms with van der Waals surface area (Å²) >= 11 is 18.1.